The lowest BCUT2D eigenvalue weighted by atomic mass is 10.0. The first kappa shape index (κ1) is 14.4. The minimum Gasteiger partial charge on any atom is -0.396 e. The van der Waals surface area contributed by atoms with E-state index in [2.05, 4.69) is 5.32 Å². The number of methoxy groups -OCH3 is 1. The topological polar surface area (TPSA) is 58.6 Å². The Morgan fingerprint density at radius 3 is 2.40 bits per heavy atom. The summed E-state index contributed by atoms with van der Waals surface area (Å²) in [7, 11) is 1.59. The second kappa shape index (κ2) is 6.08. The maximum Gasteiger partial charge on any atom is 0.223 e. The molecule has 0 aliphatic heterocycles. The molecule has 4 heteroatoms. The van der Waals surface area contributed by atoms with Crippen LogP contribution in [0.3, 0.4) is 0 Å². The molecular formula is C11H23NO3. The van der Waals surface area contributed by atoms with Gasteiger partial charge in [-0.3, -0.25) is 4.79 Å². The highest BCUT2D eigenvalue weighted by atomic mass is 16.5. The number of aliphatic hydroxyl groups excluding tert-OH is 1. The Morgan fingerprint density at radius 2 is 2.00 bits per heavy atom. The molecule has 0 bridgehead atoms. The first-order chi connectivity index (χ1) is 6.82. The quantitative estimate of drug-likeness (QED) is 0.696. The first-order valence-corrected chi connectivity index (χ1v) is 5.27. The number of carbonyl (C=O) groups is 1. The van der Waals surface area contributed by atoms with E-state index in [4.69, 9.17) is 9.84 Å². The molecule has 2 N–H and O–H groups in total. The predicted molar refractivity (Wildman–Crippen MR) is 59.6 cm³/mol. The summed E-state index contributed by atoms with van der Waals surface area (Å²) in [5, 5.41) is 11.8. The lowest BCUT2D eigenvalue weighted by molar-refractivity contribution is -0.127. The van der Waals surface area contributed by atoms with Crippen LogP contribution in [-0.2, 0) is 9.53 Å². The van der Waals surface area contributed by atoms with Gasteiger partial charge in [0.2, 0.25) is 5.91 Å². The molecule has 0 fully saturated rings. The van der Waals surface area contributed by atoms with Crippen LogP contribution >= 0.6 is 0 Å². The summed E-state index contributed by atoms with van der Waals surface area (Å²) in [5.74, 6) is 0.0225. The maximum atomic E-state index is 11.6. The molecule has 0 aliphatic carbocycles. The van der Waals surface area contributed by atoms with Gasteiger partial charge in [-0.1, -0.05) is 6.92 Å². The number of aliphatic hydroxyl groups is 1. The Balaban J connectivity index is 4.04. The monoisotopic (exact) mass is 217 g/mol. The van der Waals surface area contributed by atoms with Gasteiger partial charge in [-0.15, -0.1) is 0 Å². The standard InChI is InChI=1S/C11H23NO3/c1-8(7-13)9(2)12-10(14)6-11(3,4)15-5/h8-9,13H,6-7H2,1-5H3,(H,12,14). The molecule has 0 aromatic carbocycles. The molecule has 0 radical (unpaired) electrons. The van der Waals surface area contributed by atoms with Crippen molar-refractivity contribution in [3.63, 3.8) is 0 Å². The molecule has 2 unspecified atom stereocenters. The number of hydrogen-bond acceptors (Lipinski definition) is 3. The van der Waals surface area contributed by atoms with Gasteiger partial charge < -0.3 is 15.2 Å². The van der Waals surface area contributed by atoms with Gasteiger partial charge in [0.05, 0.1) is 12.0 Å². The summed E-state index contributed by atoms with van der Waals surface area (Å²) in [4.78, 5) is 11.6. The van der Waals surface area contributed by atoms with Crippen LogP contribution in [0, 0.1) is 5.92 Å². The van der Waals surface area contributed by atoms with Gasteiger partial charge in [-0.25, -0.2) is 0 Å². The second-order valence-corrected chi connectivity index (χ2v) is 4.66. The highest BCUT2D eigenvalue weighted by Crippen LogP contribution is 2.13. The van der Waals surface area contributed by atoms with Crippen molar-refractivity contribution in [2.24, 2.45) is 5.92 Å². The smallest absolute Gasteiger partial charge is 0.223 e. The molecule has 0 aromatic heterocycles. The Morgan fingerprint density at radius 1 is 1.47 bits per heavy atom. The van der Waals surface area contributed by atoms with Crippen LogP contribution in [0.15, 0.2) is 0 Å². The molecule has 0 saturated heterocycles. The van der Waals surface area contributed by atoms with Crippen molar-refractivity contribution in [1.29, 1.82) is 0 Å². The van der Waals surface area contributed by atoms with E-state index in [-0.39, 0.29) is 24.5 Å². The first-order valence-electron chi connectivity index (χ1n) is 5.27. The van der Waals surface area contributed by atoms with E-state index >= 15 is 0 Å². The zero-order valence-corrected chi connectivity index (χ0v) is 10.3. The molecule has 0 rings (SSSR count). The highest BCUT2D eigenvalue weighted by molar-refractivity contribution is 5.77. The molecule has 0 spiro atoms. The Bertz CT molecular complexity index is 204. The van der Waals surface area contributed by atoms with Gasteiger partial charge in [0, 0.05) is 19.8 Å². The molecule has 2 atom stereocenters. The number of ether oxygens (including phenoxy) is 1. The molecule has 15 heavy (non-hydrogen) atoms. The highest BCUT2D eigenvalue weighted by Gasteiger charge is 2.22. The normalized spacial score (nSPS) is 15.9. The van der Waals surface area contributed by atoms with E-state index < -0.39 is 5.60 Å². The van der Waals surface area contributed by atoms with Crippen molar-refractivity contribution in [3.8, 4) is 0 Å². The van der Waals surface area contributed by atoms with Crippen LogP contribution < -0.4 is 5.32 Å². The second-order valence-electron chi connectivity index (χ2n) is 4.66. The summed E-state index contributed by atoms with van der Waals surface area (Å²) in [6.45, 7) is 7.60. The third kappa shape index (κ3) is 5.74. The van der Waals surface area contributed by atoms with E-state index in [1.807, 2.05) is 27.7 Å². The number of hydrogen-bond donors (Lipinski definition) is 2. The van der Waals surface area contributed by atoms with Crippen molar-refractivity contribution >= 4 is 5.91 Å². The number of rotatable bonds is 6. The van der Waals surface area contributed by atoms with E-state index in [0.29, 0.717) is 6.42 Å². The summed E-state index contributed by atoms with van der Waals surface area (Å²) >= 11 is 0. The largest absolute Gasteiger partial charge is 0.396 e. The number of nitrogens with one attached hydrogen (secondary N) is 1. The summed E-state index contributed by atoms with van der Waals surface area (Å²) in [5.41, 5.74) is -0.438. The lowest BCUT2D eigenvalue weighted by Gasteiger charge is -2.25. The molecule has 0 saturated carbocycles. The van der Waals surface area contributed by atoms with Crippen LogP contribution in [0.25, 0.3) is 0 Å². The Hall–Kier alpha value is -0.610. The van der Waals surface area contributed by atoms with Crippen molar-refractivity contribution in [2.75, 3.05) is 13.7 Å². The summed E-state index contributed by atoms with van der Waals surface area (Å²) in [6, 6.07) is -0.0184. The van der Waals surface area contributed by atoms with Gasteiger partial charge in [0.15, 0.2) is 0 Å². The van der Waals surface area contributed by atoms with E-state index in [1.165, 1.54) is 0 Å². The predicted octanol–water partition coefficient (Wildman–Crippen LogP) is 0.935. The maximum absolute atomic E-state index is 11.6. The molecule has 4 nitrogen and oxygen atoms in total. The minimum absolute atomic E-state index is 0.0184. The molecular weight excluding hydrogens is 194 g/mol. The SMILES string of the molecule is COC(C)(C)CC(=O)NC(C)C(C)CO. The molecule has 0 heterocycles. The van der Waals surface area contributed by atoms with Gasteiger partial charge in [0.25, 0.3) is 0 Å². The number of carbonyl (C=O) groups excluding carboxylic acids is 1. The number of amides is 1. The van der Waals surface area contributed by atoms with Crippen LogP contribution in [0.1, 0.15) is 34.1 Å². The third-order valence-corrected chi connectivity index (χ3v) is 2.67. The van der Waals surface area contributed by atoms with Crippen molar-refractivity contribution in [1.82, 2.24) is 5.32 Å². The van der Waals surface area contributed by atoms with Gasteiger partial charge in [-0.05, 0) is 26.7 Å². The van der Waals surface area contributed by atoms with Crippen LogP contribution in [0.2, 0.25) is 0 Å². The average Bonchev–Trinajstić information content (AvgIpc) is 2.15. The average molecular weight is 217 g/mol. The van der Waals surface area contributed by atoms with Crippen LogP contribution in [0.5, 0.6) is 0 Å². The fourth-order valence-electron chi connectivity index (χ4n) is 1.06. The van der Waals surface area contributed by atoms with E-state index in [0.717, 1.165) is 0 Å². The lowest BCUT2D eigenvalue weighted by Crippen LogP contribution is -2.41. The summed E-state index contributed by atoms with van der Waals surface area (Å²) in [6.07, 6.45) is 0.325. The van der Waals surface area contributed by atoms with Gasteiger partial charge >= 0.3 is 0 Å². The van der Waals surface area contributed by atoms with E-state index in [1.54, 1.807) is 7.11 Å². The zero-order valence-electron chi connectivity index (χ0n) is 10.3. The molecule has 90 valence electrons. The van der Waals surface area contributed by atoms with Crippen molar-refractivity contribution in [3.05, 3.63) is 0 Å². The molecule has 0 aromatic rings. The zero-order chi connectivity index (χ0) is 12.1. The van der Waals surface area contributed by atoms with Crippen molar-refractivity contribution in [2.45, 2.75) is 45.8 Å². The fourth-order valence-corrected chi connectivity index (χ4v) is 1.06. The minimum atomic E-state index is -0.438. The van der Waals surface area contributed by atoms with E-state index in [9.17, 15) is 4.79 Å². The fraction of sp³-hybridized carbons (Fsp3) is 0.909. The summed E-state index contributed by atoms with van der Waals surface area (Å²) < 4.78 is 5.17. The Labute approximate surface area is 92.0 Å². The van der Waals surface area contributed by atoms with Crippen LogP contribution in [-0.4, -0.2) is 36.4 Å². The molecule has 1 amide bonds. The van der Waals surface area contributed by atoms with Gasteiger partial charge in [-0.2, -0.15) is 0 Å². The van der Waals surface area contributed by atoms with Crippen LogP contribution in [0.4, 0.5) is 0 Å². The Kier molecular flexibility index (Phi) is 5.83. The molecule has 0 aliphatic rings. The third-order valence-electron chi connectivity index (χ3n) is 2.67. The van der Waals surface area contributed by atoms with Gasteiger partial charge in [0.1, 0.15) is 0 Å². The van der Waals surface area contributed by atoms with Crippen molar-refractivity contribution < 1.29 is 14.6 Å².